The first kappa shape index (κ1) is 19.7. The molecule has 0 amide bonds. The summed E-state index contributed by atoms with van der Waals surface area (Å²) in [6.45, 7) is 4.50. The highest BCUT2D eigenvalue weighted by atomic mass is 16.5. The summed E-state index contributed by atoms with van der Waals surface area (Å²) in [6, 6.07) is 11.0. The summed E-state index contributed by atoms with van der Waals surface area (Å²) in [7, 11) is 1.58. The highest BCUT2D eigenvalue weighted by Crippen LogP contribution is 2.41. The number of fused-ring (bicyclic) bond motifs is 1. The van der Waals surface area contributed by atoms with E-state index in [2.05, 4.69) is 0 Å². The fourth-order valence-corrected chi connectivity index (χ4v) is 3.43. The van der Waals surface area contributed by atoms with Gasteiger partial charge in [0, 0.05) is 25.4 Å². The van der Waals surface area contributed by atoms with Crippen LogP contribution in [0.15, 0.2) is 52.6 Å². The Hall–Kier alpha value is -3.06. The number of nitrogens with two attached hydrogens (primary N) is 1. The molecule has 3 rings (SSSR count). The lowest BCUT2D eigenvalue weighted by Gasteiger charge is -2.29. The van der Waals surface area contributed by atoms with Crippen molar-refractivity contribution >= 4 is 5.97 Å². The molecule has 1 aliphatic rings. The van der Waals surface area contributed by atoms with Gasteiger partial charge >= 0.3 is 5.97 Å². The summed E-state index contributed by atoms with van der Waals surface area (Å²) in [5, 5.41) is 0. The van der Waals surface area contributed by atoms with Crippen LogP contribution in [-0.4, -0.2) is 30.9 Å². The van der Waals surface area contributed by atoms with Gasteiger partial charge in [0.15, 0.2) is 0 Å². The summed E-state index contributed by atoms with van der Waals surface area (Å²) in [5.74, 6) is -0.961. The van der Waals surface area contributed by atoms with E-state index in [0.717, 1.165) is 11.3 Å². The molecule has 148 valence electrons. The quantitative estimate of drug-likeness (QED) is 0.767. The summed E-state index contributed by atoms with van der Waals surface area (Å²) >= 11 is 0. The molecule has 0 radical (unpaired) electrons. The fourth-order valence-electron chi connectivity index (χ4n) is 3.43. The van der Waals surface area contributed by atoms with E-state index >= 15 is 0 Å². The van der Waals surface area contributed by atoms with Crippen LogP contribution in [0.4, 0.5) is 0 Å². The predicted octanol–water partition coefficient (Wildman–Crippen LogP) is 2.06. The predicted molar refractivity (Wildman–Crippen MR) is 104 cm³/mol. The third kappa shape index (κ3) is 3.53. The summed E-state index contributed by atoms with van der Waals surface area (Å²) in [6.07, 6.45) is 0. The van der Waals surface area contributed by atoms with Crippen LogP contribution in [0.5, 0.6) is 5.75 Å². The number of aromatic nitrogens is 1. The highest BCUT2D eigenvalue weighted by molar-refractivity contribution is 5.92. The van der Waals surface area contributed by atoms with Crippen LogP contribution in [0.3, 0.4) is 0 Å². The largest absolute Gasteiger partial charge is 0.462 e. The number of ether oxygens (including phenoxy) is 3. The number of nitrogens with zero attached hydrogens (tertiary/aromatic N) is 1. The Morgan fingerprint density at radius 3 is 2.64 bits per heavy atom. The van der Waals surface area contributed by atoms with Gasteiger partial charge in [-0.3, -0.25) is 4.79 Å². The average molecular weight is 384 g/mol. The van der Waals surface area contributed by atoms with Gasteiger partial charge in [0.1, 0.15) is 11.3 Å². The summed E-state index contributed by atoms with van der Waals surface area (Å²) in [5.41, 5.74) is 7.85. The summed E-state index contributed by atoms with van der Waals surface area (Å²) < 4.78 is 17.6. The van der Waals surface area contributed by atoms with Crippen molar-refractivity contribution in [3.05, 3.63) is 75.0 Å². The number of pyridine rings is 1. The molecule has 0 unspecified atom stereocenters. The van der Waals surface area contributed by atoms with Crippen LogP contribution in [0, 0.1) is 6.92 Å². The minimum atomic E-state index is -0.675. The second kappa shape index (κ2) is 8.31. The van der Waals surface area contributed by atoms with Gasteiger partial charge in [0.05, 0.1) is 24.7 Å². The SMILES string of the molecule is CCOC(=O)C1=C(N)Oc2cc(C)n(CCOC)c(=O)c2[C@H]1c1ccccc1. The molecule has 28 heavy (non-hydrogen) atoms. The van der Waals surface area contributed by atoms with Crippen LogP contribution < -0.4 is 16.0 Å². The van der Waals surface area contributed by atoms with Crippen molar-refractivity contribution in [3.63, 3.8) is 0 Å². The van der Waals surface area contributed by atoms with E-state index in [0.29, 0.717) is 24.5 Å². The van der Waals surface area contributed by atoms with Crippen molar-refractivity contribution in [3.8, 4) is 5.75 Å². The molecule has 1 aliphatic heterocycles. The zero-order valence-electron chi connectivity index (χ0n) is 16.2. The first-order chi connectivity index (χ1) is 13.5. The van der Waals surface area contributed by atoms with E-state index in [1.54, 1.807) is 24.7 Å². The number of carbonyl (C=O) groups excluding carboxylic acids is 1. The van der Waals surface area contributed by atoms with Gasteiger partial charge in [-0.25, -0.2) is 4.79 Å². The van der Waals surface area contributed by atoms with Crippen LogP contribution in [-0.2, 0) is 20.8 Å². The molecule has 2 aromatic rings. The minimum Gasteiger partial charge on any atom is -0.462 e. The highest BCUT2D eigenvalue weighted by Gasteiger charge is 2.38. The molecule has 2 N–H and O–H groups in total. The zero-order chi connectivity index (χ0) is 20.3. The Morgan fingerprint density at radius 1 is 1.29 bits per heavy atom. The van der Waals surface area contributed by atoms with E-state index in [1.807, 2.05) is 37.3 Å². The monoisotopic (exact) mass is 384 g/mol. The van der Waals surface area contributed by atoms with Gasteiger partial charge < -0.3 is 24.5 Å². The molecule has 2 heterocycles. The van der Waals surface area contributed by atoms with E-state index in [1.165, 1.54) is 0 Å². The molecule has 0 saturated carbocycles. The lowest BCUT2D eigenvalue weighted by Crippen LogP contribution is -2.35. The molecular formula is C21H24N2O5. The third-order valence-electron chi connectivity index (χ3n) is 4.72. The molecule has 7 heteroatoms. The first-order valence-corrected chi connectivity index (χ1v) is 9.12. The number of hydrogen-bond acceptors (Lipinski definition) is 6. The van der Waals surface area contributed by atoms with Gasteiger partial charge in [-0.2, -0.15) is 0 Å². The molecule has 0 saturated heterocycles. The summed E-state index contributed by atoms with van der Waals surface area (Å²) in [4.78, 5) is 26.0. The molecule has 1 aromatic carbocycles. The van der Waals surface area contributed by atoms with E-state index in [-0.39, 0.29) is 23.6 Å². The zero-order valence-corrected chi connectivity index (χ0v) is 16.2. The number of hydrogen-bond donors (Lipinski definition) is 1. The normalized spacial score (nSPS) is 15.8. The maximum absolute atomic E-state index is 13.4. The Morgan fingerprint density at radius 2 is 2.00 bits per heavy atom. The van der Waals surface area contributed by atoms with E-state index in [4.69, 9.17) is 19.9 Å². The Kier molecular flexibility index (Phi) is 5.84. The second-order valence-electron chi connectivity index (χ2n) is 6.46. The van der Waals surface area contributed by atoms with Crippen molar-refractivity contribution in [1.29, 1.82) is 0 Å². The van der Waals surface area contributed by atoms with Crippen LogP contribution in [0.25, 0.3) is 0 Å². The molecule has 1 atom stereocenters. The first-order valence-electron chi connectivity index (χ1n) is 9.12. The second-order valence-corrected chi connectivity index (χ2v) is 6.46. The standard InChI is InChI=1S/C21H24N2O5/c1-4-27-21(25)18-16(14-8-6-5-7-9-14)17-15(28-19(18)22)12-13(2)23(20(17)24)10-11-26-3/h5-9,12,16H,4,10-11,22H2,1-3H3/t16-/m1/s1. The fraction of sp³-hybridized carbons (Fsp3) is 0.333. The van der Waals surface area contributed by atoms with Crippen molar-refractivity contribution in [1.82, 2.24) is 4.57 Å². The number of esters is 1. The molecule has 0 aliphatic carbocycles. The molecule has 0 spiro atoms. The molecular weight excluding hydrogens is 360 g/mol. The van der Waals surface area contributed by atoms with E-state index in [9.17, 15) is 9.59 Å². The number of benzene rings is 1. The molecule has 0 bridgehead atoms. The molecule has 1 aromatic heterocycles. The van der Waals surface area contributed by atoms with Crippen molar-refractivity contribution < 1.29 is 19.0 Å². The van der Waals surface area contributed by atoms with Gasteiger partial charge in [0.25, 0.3) is 5.56 Å². The maximum atomic E-state index is 13.4. The maximum Gasteiger partial charge on any atom is 0.340 e. The lowest BCUT2D eigenvalue weighted by atomic mass is 9.83. The number of carbonyl (C=O) groups is 1. The molecule has 7 nitrogen and oxygen atoms in total. The smallest absolute Gasteiger partial charge is 0.340 e. The van der Waals surface area contributed by atoms with Crippen LogP contribution in [0.1, 0.15) is 29.7 Å². The van der Waals surface area contributed by atoms with Gasteiger partial charge in [-0.15, -0.1) is 0 Å². The van der Waals surface area contributed by atoms with Gasteiger partial charge in [-0.1, -0.05) is 30.3 Å². The number of rotatable bonds is 6. The Bertz CT molecular complexity index is 963. The average Bonchev–Trinajstić information content (AvgIpc) is 2.67. The van der Waals surface area contributed by atoms with Gasteiger partial charge in [0.2, 0.25) is 5.88 Å². The van der Waals surface area contributed by atoms with Crippen molar-refractivity contribution in [2.75, 3.05) is 20.3 Å². The number of methoxy groups -OCH3 is 1. The van der Waals surface area contributed by atoms with Gasteiger partial charge in [-0.05, 0) is 19.4 Å². The van der Waals surface area contributed by atoms with Crippen molar-refractivity contribution in [2.45, 2.75) is 26.3 Å². The van der Waals surface area contributed by atoms with Crippen LogP contribution >= 0.6 is 0 Å². The molecule has 0 fully saturated rings. The Labute approximate surface area is 163 Å². The van der Waals surface area contributed by atoms with Crippen molar-refractivity contribution in [2.24, 2.45) is 5.73 Å². The van der Waals surface area contributed by atoms with E-state index < -0.39 is 11.9 Å². The topological polar surface area (TPSA) is 92.8 Å². The number of aryl methyl sites for hydroxylation is 1. The minimum absolute atomic E-state index is 0.0479. The Balaban J connectivity index is 2.25. The third-order valence-corrected chi connectivity index (χ3v) is 4.72. The van der Waals surface area contributed by atoms with Crippen LogP contribution in [0.2, 0.25) is 0 Å². The lowest BCUT2D eigenvalue weighted by molar-refractivity contribution is -0.139.